The number of hydrogen-bond donors (Lipinski definition) is 2. The zero-order valence-electron chi connectivity index (χ0n) is 18.2. The van der Waals surface area contributed by atoms with E-state index in [2.05, 4.69) is 51.4 Å². The Labute approximate surface area is 194 Å². The highest BCUT2D eigenvalue weighted by Gasteiger charge is 2.15. The fourth-order valence-corrected chi connectivity index (χ4v) is 3.99. The van der Waals surface area contributed by atoms with Crippen LogP contribution in [0.5, 0.6) is 0 Å². The first-order valence-electron chi connectivity index (χ1n) is 11.2. The van der Waals surface area contributed by atoms with Crippen molar-refractivity contribution in [2.45, 2.75) is 52.5 Å². The lowest BCUT2D eigenvalue weighted by Crippen LogP contribution is -2.39. The second-order valence-corrected chi connectivity index (χ2v) is 8.22. The molecule has 0 aliphatic carbocycles. The summed E-state index contributed by atoms with van der Waals surface area (Å²) in [7, 11) is 0. The van der Waals surface area contributed by atoms with Crippen molar-refractivity contribution < 1.29 is 0 Å². The molecule has 2 saturated heterocycles. The molecule has 1 aromatic rings. The smallest absolute Gasteiger partial charge is 0.191 e. The molecule has 6 nitrogen and oxygen atoms in total. The van der Waals surface area contributed by atoms with Gasteiger partial charge < -0.3 is 20.4 Å². The third-order valence-corrected chi connectivity index (χ3v) is 5.82. The van der Waals surface area contributed by atoms with Gasteiger partial charge in [-0.05, 0) is 82.3 Å². The fraction of sp³-hybridized carbons (Fsp3) is 0.727. The Balaban J connectivity index is 0.00000300. The predicted molar refractivity (Wildman–Crippen MR) is 133 cm³/mol. The SMILES string of the molecule is CCNC(=NCc1ccnc(N2CCCC2)c1)NCCCN1CCC(C)CC1.I. The molecular formula is C22H39IN6. The first-order valence-corrected chi connectivity index (χ1v) is 11.2. The summed E-state index contributed by atoms with van der Waals surface area (Å²) < 4.78 is 0. The number of likely N-dealkylation sites (tertiary alicyclic amines) is 1. The van der Waals surface area contributed by atoms with Gasteiger partial charge >= 0.3 is 0 Å². The third kappa shape index (κ3) is 8.28. The molecule has 3 rings (SSSR count). The van der Waals surface area contributed by atoms with E-state index in [1.165, 1.54) is 50.9 Å². The number of aromatic nitrogens is 1. The van der Waals surface area contributed by atoms with Crippen LogP contribution in [0.1, 0.15) is 51.5 Å². The minimum atomic E-state index is 0. The standard InChI is InChI=1S/C22H38N6.HI/c1-3-23-22(25-10-6-12-27-15-8-19(2)9-16-27)26-18-20-7-11-24-21(17-20)28-13-4-5-14-28;/h7,11,17,19H,3-6,8-10,12-16,18H2,1-2H3,(H2,23,25,26);1H. The van der Waals surface area contributed by atoms with Gasteiger partial charge in [-0.2, -0.15) is 0 Å². The lowest BCUT2D eigenvalue weighted by molar-refractivity contribution is 0.191. The average Bonchev–Trinajstić information content (AvgIpc) is 3.26. The summed E-state index contributed by atoms with van der Waals surface area (Å²) in [4.78, 5) is 14.3. The first-order chi connectivity index (χ1) is 13.7. The number of aliphatic imine (C=N–C) groups is 1. The monoisotopic (exact) mass is 514 g/mol. The van der Waals surface area contributed by atoms with Gasteiger partial charge in [-0.1, -0.05) is 6.92 Å². The van der Waals surface area contributed by atoms with Gasteiger partial charge in [0.25, 0.3) is 0 Å². The van der Waals surface area contributed by atoms with Gasteiger partial charge in [0, 0.05) is 32.4 Å². The number of anilines is 1. The zero-order valence-corrected chi connectivity index (χ0v) is 20.5. The molecule has 2 aliphatic rings. The number of rotatable bonds is 8. The summed E-state index contributed by atoms with van der Waals surface area (Å²) in [5.74, 6) is 2.91. The van der Waals surface area contributed by atoms with E-state index in [0.29, 0.717) is 6.54 Å². The summed E-state index contributed by atoms with van der Waals surface area (Å²) in [6.07, 6.45) is 8.32. The molecule has 2 N–H and O–H groups in total. The van der Waals surface area contributed by atoms with Crippen molar-refractivity contribution in [3.8, 4) is 0 Å². The first kappa shape index (κ1) is 24.2. The summed E-state index contributed by atoms with van der Waals surface area (Å²) in [6.45, 7) is 13.0. The van der Waals surface area contributed by atoms with Gasteiger partial charge in [0.2, 0.25) is 0 Å². The molecule has 3 heterocycles. The van der Waals surface area contributed by atoms with E-state index in [-0.39, 0.29) is 24.0 Å². The molecule has 0 bridgehead atoms. The van der Waals surface area contributed by atoms with Crippen LogP contribution in [0.15, 0.2) is 23.3 Å². The van der Waals surface area contributed by atoms with Crippen molar-refractivity contribution in [3.05, 3.63) is 23.9 Å². The van der Waals surface area contributed by atoms with Crippen LogP contribution in [0.2, 0.25) is 0 Å². The van der Waals surface area contributed by atoms with Gasteiger partial charge in [-0.25, -0.2) is 9.98 Å². The Morgan fingerprint density at radius 2 is 1.93 bits per heavy atom. The van der Waals surface area contributed by atoms with Crippen LogP contribution in [0, 0.1) is 5.92 Å². The highest BCUT2D eigenvalue weighted by Crippen LogP contribution is 2.19. The number of hydrogen-bond acceptors (Lipinski definition) is 4. The van der Waals surface area contributed by atoms with Gasteiger partial charge in [0.05, 0.1) is 6.54 Å². The van der Waals surface area contributed by atoms with Gasteiger partial charge in [0.1, 0.15) is 5.82 Å². The average molecular weight is 515 g/mol. The number of nitrogens with one attached hydrogen (secondary N) is 2. The Bertz CT molecular complexity index is 609. The maximum atomic E-state index is 4.78. The Kier molecular flexibility index (Phi) is 11.1. The van der Waals surface area contributed by atoms with Gasteiger partial charge in [-0.15, -0.1) is 24.0 Å². The molecular weight excluding hydrogens is 475 g/mol. The highest BCUT2D eigenvalue weighted by molar-refractivity contribution is 14.0. The Hall–Kier alpha value is -1.09. The Morgan fingerprint density at radius 1 is 1.17 bits per heavy atom. The normalized spacial score (nSPS) is 18.6. The van der Waals surface area contributed by atoms with Crippen LogP contribution in [0.25, 0.3) is 0 Å². The summed E-state index contributed by atoms with van der Waals surface area (Å²) in [5, 5.41) is 6.86. The Morgan fingerprint density at radius 3 is 2.66 bits per heavy atom. The van der Waals surface area contributed by atoms with Crippen LogP contribution >= 0.6 is 24.0 Å². The summed E-state index contributed by atoms with van der Waals surface area (Å²) in [5.41, 5.74) is 1.22. The van der Waals surface area contributed by atoms with E-state index in [1.807, 2.05) is 6.20 Å². The third-order valence-electron chi connectivity index (χ3n) is 5.82. The van der Waals surface area contributed by atoms with Crippen molar-refractivity contribution in [3.63, 3.8) is 0 Å². The van der Waals surface area contributed by atoms with Crippen molar-refractivity contribution >= 4 is 35.8 Å². The summed E-state index contributed by atoms with van der Waals surface area (Å²) >= 11 is 0. The number of pyridine rings is 1. The molecule has 0 saturated carbocycles. The van der Waals surface area contributed by atoms with Crippen LogP contribution in [0.4, 0.5) is 5.82 Å². The van der Waals surface area contributed by atoms with Crippen molar-refractivity contribution in [1.82, 2.24) is 20.5 Å². The maximum absolute atomic E-state index is 4.78. The lowest BCUT2D eigenvalue weighted by Gasteiger charge is -2.30. The highest BCUT2D eigenvalue weighted by atomic mass is 127. The molecule has 7 heteroatoms. The molecule has 0 spiro atoms. The molecule has 0 amide bonds. The number of nitrogens with zero attached hydrogens (tertiary/aromatic N) is 4. The minimum absolute atomic E-state index is 0. The van der Waals surface area contributed by atoms with Crippen molar-refractivity contribution in [1.29, 1.82) is 0 Å². The van der Waals surface area contributed by atoms with Crippen LogP contribution in [0.3, 0.4) is 0 Å². The largest absolute Gasteiger partial charge is 0.357 e. The lowest BCUT2D eigenvalue weighted by atomic mass is 9.99. The quantitative estimate of drug-likeness (QED) is 0.241. The van der Waals surface area contributed by atoms with E-state index < -0.39 is 0 Å². The second kappa shape index (κ2) is 13.3. The zero-order chi connectivity index (χ0) is 19.6. The number of guanidine groups is 1. The molecule has 0 radical (unpaired) electrons. The molecule has 2 aliphatic heterocycles. The summed E-state index contributed by atoms with van der Waals surface area (Å²) in [6, 6.07) is 4.26. The van der Waals surface area contributed by atoms with Gasteiger partial charge in [-0.3, -0.25) is 0 Å². The molecule has 2 fully saturated rings. The second-order valence-electron chi connectivity index (χ2n) is 8.22. The van der Waals surface area contributed by atoms with E-state index in [0.717, 1.165) is 50.3 Å². The van der Waals surface area contributed by atoms with Gasteiger partial charge in [0.15, 0.2) is 5.96 Å². The van der Waals surface area contributed by atoms with Crippen LogP contribution in [-0.2, 0) is 6.54 Å². The minimum Gasteiger partial charge on any atom is -0.357 e. The van der Waals surface area contributed by atoms with Crippen LogP contribution < -0.4 is 15.5 Å². The molecule has 164 valence electrons. The van der Waals surface area contributed by atoms with Crippen LogP contribution in [-0.4, -0.2) is 61.7 Å². The van der Waals surface area contributed by atoms with Crippen molar-refractivity contribution in [2.75, 3.05) is 50.7 Å². The van der Waals surface area contributed by atoms with Crippen molar-refractivity contribution in [2.24, 2.45) is 10.9 Å². The fourth-order valence-electron chi connectivity index (χ4n) is 3.99. The van der Waals surface area contributed by atoms with E-state index in [4.69, 9.17) is 4.99 Å². The van der Waals surface area contributed by atoms with E-state index in [1.54, 1.807) is 0 Å². The topological polar surface area (TPSA) is 55.8 Å². The molecule has 0 unspecified atom stereocenters. The number of piperidine rings is 1. The molecule has 29 heavy (non-hydrogen) atoms. The molecule has 1 aromatic heterocycles. The van der Waals surface area contributed by atoms with E-state index >= 15 is 0 Å². The predicted octanol–water partition coefficient (Wildman–Crippen LogP) is 3.48. The van der Waals surface area contributed by atoms with E-state index in [9.17, 15) is 0 Å². The number of halogens is 1. The molecule has 0 aromatic carbocycles. The molecule has 0 atom stereocenters. The maximum Gasteiger partial charge on any atom is 0.191 e.